The molecular weight excluding hydrogens is 524 g/mol. The van der Waals surface area contributed by atoms with Crippen LogP contribution in [0, 0.1) is 59.2 Å². The summed E-state index contributed by atoms with van der Waals surface area (Å²) < 4.78 is 1.46. The van der Waals surface area contributed by atoms with Crippen LogP contribution in [0.3, 0.4) is 0 Å². The van der Waals surface area contributed by atoms with Crippen LogP contribution in [-0.2, 0) is 5.41 Å². The lowest BCUT2D eigenvalue weighted by Crippen LogP contribution is -2.52. The van der Waals surface area contributed by atoms with E-state index in [9.17, 15) is 0 Å². The van der Waals surface area contributed by atoms with Gasteiger partial charge in [-0.1, -0.05) is 90.4 Å². The summed E-state index contributed by atoms with van der Waals surface area (Å²) in [5.41, 5.74) is 5.91. The van der Waals surface area contributed by atoms with Crippen molar-refractivity contribution >= 4 is 15.9 Å². The van der Waals surface area contributed by atoms with Gasteiger partial charge in [-0.3, -0.25) is 0 Å². The van der Waals surface area contributed by atoms with E-state index >= 15 is 0 Å². The molecule has 0 amide bonds. The molecule has 1 aromatic carbocycles. The van der Waals surface area contributed by atoms with Gasteiger partial charge in [0.25, 0.3) is 0 Å². The van der Waals surface area contributed by atoms with E-state index in [0.717, 1.165) is 65.1 Å². The Hall–Kier alpha value is -0.820. The number of hydrogen-bond donors (Lipinski definition) is 0. The van der Waals surface area contributed by atoms with Gasteiger partial charge < -0.3 is 0 Å². The van der Waals surface area contributed by atoms with Crippen LogP contribution in [0.15, 0.2) is 46.5 Å². The fourth-order valence-corrected chi connectivity index (χ4v) is 14.3. The summed E-state index contributed by atoms with van der Waals surface area (Å²) in [7, 11) is 0. The van der Waals surface area contributed by atoms with Crippen LogP contribution in [0.25, 0.3) is 0 Å². The molecule has 0 N–H and O–H groups in total. The Balaban J connectivity index is 1.25. The number of hydrogen-bond acceptors (Lipinski definition) is 0. The molecule has 9 rings (SSSR count). The molecular formula is C37H47Br. The van der Waals surface area contributed by atoms with Crippen molar-refractivity contribution in [3.05, 3.63) is 57.6 Å². The van der Waals surface area contributed by atoms with Gasteiger partial charge in [-0.2, -0.15) is 0 Å². The average Bonchev–Trinajstić information content (AvgIpc) is 3.44. The van der Waals surface area contributed by atoms with Crippen molar-refractivity contribution in [1.82, 2.24) is 0 Å². The molecule has 0 nitrogen and oxygen atoms in total. The Kier molecular flexibility index (Phi) is 5.55. The van der Waals surface area contributed by atoms with Crippen molar-refractivity contribution in [2.24, 2.45) is 59.2 Å². The first-order chi connectivity index (χ1) is 18.8. The molecule has 8 aliphatic rings. The van der Waals surface area contributed by atoms with Crippen LogP contribution < -0.4 is 0 Å². The van der Waals surface area contributed by atoms with Crippen LogP contribution in [0.4, 0.5) is 0 Å². The fourth-order valence-electron chi connectivity index (χ4n) is 13.6. The molecule has 0 aromatic heterocycles. The second-order valence-electron chi connectivity index (χ2n) is 15.2. The smallest absolute Gasteiger partial charge is 0.0216 e. The molecule has 1 spiro atoms. The Morgan fingerprint density at radius 3 is 2.26 bits per heavy atom. The minimum atomic E-state index is 0.354. The first-order valence-electron chi connectivity index (χ1n) is 17.0. The molecule has 5 saturated carbocycles. The monoisotopic (exact) mass is 570 g/mol. The summed E-state index contributed by atoms with van der Waals surface area (Å²) in [4.78, 5) is 0. The minimum absolute atomic E-state index is 0.354. The molecule has 1 heteroatoms. The molecule has 202 valence electrons. The maximum absolute atomic E-state index is 4.23. The van der Waals surface area contributed by atoms with Crippen molar-refractivity contribution in [2.75, 3.05) is 0 Å². The first-order valence-corrected chi connectivity index (χ1v) is 17.7. The van der Waals surface area contributed by atoms with Crippen LogP contribution in [0.1, 0.15) is 113 Å². The van der Waals surface area contributed by atoms with E-state index in [2.05, 4.69) is 52.4 Å². The number of benzene rings is 1. The Labute approximate surface area is 239 Å². The van der Waals surface area contributed by atoms with E-state index in [1.165, 1.54) is 75.1 Å². The highest BCUT2D eigenvalue weighted by molar-refractivity contribution is 9.10. The largest absolute Gasteiger partial charge is 0.0882 e. The molecule has 0 heterocycles. The third kappa shape index (κ3) is 2.99. The minimum Gasteiger partial charge on any atom is -0.0882 e. The maximum atomic E-state index is 4.23. The lowest BCUT2D eigenvalue weighted by atomic mass is 9.46. The van der Waals surface area contributed by atoms with Gasteiger partial charge in [0.15, 0.2) is 0 Å². The average molecular weight is 572 g/mol. The summed E-state index contributed by atoms with van der Waals surface area (Å²) >= 11 is 4.23. The van der Waals surface area contributed by atoms with Crippen molar-refractivity contribution in [2.45, 2.75) is 108 Å². The number of allylic oxidation sites excluding steroid dienone is 4. The molecule has 8 aliphatic carbocycles. The second-order valence-corrected chi connectivity index (χ2v) is 16.0. The molecule has 1 aromatic rings. The van der Waals surface area contributed by atoms with Gasteiger partial charge in [-0.05, 0) is 140 Å². The van der Waals surface area contributed by atoms with Crippen molar-refractivity contribution in [3.8, 4) is 0 Å². The van der Waals surface area contributed by atoms with E-state index in [1.807, 2.05) is 5.57 Å². The molecule has 0 aliphatic heterocycles. The van der Waals surface area contributed by atoms with E-state index < -0.39 is 0 Å². The topological polar surface area (TPSA) is 0 Å². The fraction of sp³-hybridized carbons (Fsp3) is 0.730. The molecule has 0 radical (unpaired) electrons. The van der Waals surface area contributed by atoms with E-state index in [-0.39, 0.29) is 0 Å². The number of fused-ring (bicyclic) bond motifs is 16. The van der Waals surface area contributed by atoms with Gasteiger partial charge in [-0.25, -0.2) is 0 Å². The quantitative estimate of drug-likeness (QED) is 0.272. The molecule has 0 saturated heterocycles. The van der Waals surface area contributed by atoms with Gasteiger partial charge >= 0.3 is 0 Å². The SMILES string of the molecule is Brc1cccc2c1C1(C3CC4C(C=C3C3CCCCC31)C1CCCCC1C1CCCCC41)C1C=CCCC21. The zero-order valence-electron chi connectivity index (χ0n) is 23.3. The highest BCUT2D eigenvalue weighted by Crippen LogP contribution is 2.74. The molecule has 38 heavy (non-hydrogen) atoms. The predicted octanol–water partition coefficient (Wildman–Crippen LogP) is 10.4. The lowest BCUT2D eigenvalue weighted by molar-refractivity contribution is -0.0606. The van der Waals surface area contributed by atoms with Gasteiger partial charge in [0, 0.05) is 9.89 Å². The predicted molar refractivity (Wildman–Crippen MR) is 160 cm³/mol. The van der Waals surface area contributed by atoms with Crippen molar-refractivity contribution in [1.29, 1.82) is 0 Å². The van der Waals surface area contributed by atoms with Crippen molar-refractivity contribution < 1.29 is 0 Å². The van der Waals surface area contributed by atoms with Gasteiger partial charge in [0.2, 0.25) is 0 Å². The number of rotatable bonds is 0. The molecule has 5 fully saturated rings. The summed E-state index contributed by atoms with van der Waals surface area (Å²) in [5, 5.41) is 0. The summed E-state index contributed by atoms with van der Waals surface area (Å²) in [6.45, 7) is 0. The molecule has 12 atom stereocenters. The summed E-state index contributed by atoms with van der Waals surface area (Å²) in [6, 6.07) is 7.33. The van der Waals surface area contributed by atoms with Gasteiger partial charge in [-0.15, -0.1) is 0 Å². The normalized spacial score (nSPS) is 50.1. The Morgan fingerprint density at radius 1 is 0.711 bits per heavy atom. The highest BCUT2D eigenvalue weighted by Gasteiger charge is 2.68. The zero-order valence-corrected chi connectivity index (χ0v) is 24.9. The Morgan fingerprint density at radius 2 is 1.42 bits per heavy atom. The summed E-state index contributed by atoms with van der Waals surface area (Å²) in [6.07, 6.45) is 30.8. The third-order valence-electron chi connectivity index (χ3n) is 14.4. The number of halogens is 1. The lowest BCUT2D eigenvalue weighted by Gasteiger charge is -2.58. The van der Waals surface area contributed by atoms with E-state index in [1.54, 1.807) is 36.8 Å². The van der Waals surface area contributed by atoms with Crippen molar-refractivity contribution in [3.63, 3.8) is 0 Å². The van der Waals surface area contributed by atoms with Gasteiger partial charge in [0.1, 0.15) is 0 Å². The van der Waals surface area contributed by atoms with E-state index in [0.29, 0.717) is 5.41 Å². The molecule has 12 unspecified atom stereocenters. The summed E-state index contributed by atoms with van der Waals surface area (Å²) in [5.74, 6) is 10.1. The van der Waals surface area contributed by atoms with E-state index in [4.69, 9.17) is 0 Å². The highest BCUT2D eigenvalue weighted by atomic mass is 79.9. The maximum Gasteiger partial charge on any atom is 0.0216 e. The zero-order chi connectivity index (χ0) is 25.0. The van der Waals surface area contributed by atoms with Crippen LogP contribution in [-0.4, -0.2) is 0 Å². The van der Waals surface area contributed by atoms with Gasteiger partial charge in [0.05, 0.1) is 0 Å². The first kappa shape index (κ1) is 23.8. The standard InChI is InChI=1S/C37H47Br/c38-35-19-9-16-28-26-14-5-7-17-32(26)37(36(28)35)33-18-8-6-15-27(33)31-20-29-24-12-3-1-10-22(24)23-11-2-4-13-25(23)30(29)21-34(31)37/h7,9,16-17,19-20,22-27,29-30,32-34H,1-6,8,10-15,18,21H2. The van der Waals surface area contributed by atoms with Crippen LogP contribution >= 0.6 is 15.9 Å². The van der Waals surface area contributed by atoms with Crippen LogP contribution in [0.2, 0.25) is 0 Å². The second kappa shape index (κ2) is 8.84. The van der Waals surface area contributed by atoms with Crippen LogP contribution in [0.5, 0.6) is 0 Å². The molecule has 0 bridgehead atoms. The Bertz CT molecular complexity index is 1180. The third-order valence-corrected chi connectivity index (χ3v) is 15.0.